The molecule has 2 aliphatic rings. The molecule has 1 fully saturated rings. The molecule has 1 unspecified atom stereocenters. The zero-order valence-electron chi connectivity index (χ0n) is 12.9. The van der Waals surface area contributed by atoms with E-state index in [4.69, 9.17) is 4.98 Å². The van der Waals surface area contributed by atoms with Crippen molar-refractivity contribution in [3.05, 3.63) is 51.2 Å². The fourth-order valence-corrected chi connectivity index (χ4v) is 4.64. The molecule has 4 heteroatoms. The molecule has 0 bridgehead atoms. The highest BCUT2D eigenvalue weighted by molar-refractivity contribution is 7.11. The van der Waals surface area contributed by atoms with Crippen LogP contribution in [0.25, 0.3) is 0 Å². The summed E-state index contributed by atoms with van der Waals surface area (Å²) in [5, 5.41) is 5.14. The second-order valence-electron chi connectivity index (χ2n) is 6.45. The lowest BCUT2D eigenvalue weighted by Gasteiger charge is -2.28. The van der Waals surface area contributed by atoms with Crippen LogP contribution in [0.5, 0.6) is 0 Å². The number of hydrogen-bond donors (Lipinski definition) is 1. The molecule has 1 N–H and O–H groups in total. The molecule has 1 aromatic carbocycles. The minimum atomic E-state index is -0.158. The molecule has 2 aromatic rings. The second-order valence-corrected chi connectivity index (χ2v) is 7.57. The van der Waals surface area contributed by atoms with Crippen molar-refractivity contribution >= 4 is 11.3 Å². The van der Waals surface area contributed by atoms with E-state index in [0.29, 0.717) is 6.04 Å². The van der Waals surface area contributed by atoms with Crippen molar-refractivity contribution in [2.75, 3.05) is 0 Å². The molecule has 1 saturated carbocycles. The van der Waals surface area contributed by atoms with E-state index in [2.05, 4.69) is 12.2 Å². The van der Waals surface area contributed by atoms with Crippen LogP contribution in [0.15, 0.2) is 24.3 Å². The van der Waals surface area contributed by atoms with Gasteiger partial charge in [0.1, 0.15) is 5.82 Å². The lowest BCUT2D eigenvalue weighted by molar-refractivity contribution is 0.389. The van der Waals surface area contributed by atoms with Crippen LogP contribution in [0.3, 0.4) is 0 Å². The van der Waals surface area contributed by atoms with Gasteiger partial charge in [-0.2, -0.15) is 0 Å². The van der Waals surface area contributed by atoms with E-state index in [1.165, 1.54) is 34.0 Å². The number of benzene rings is 1. The summed E-state index contributed by atoms with van der Waals surface area (Å²) in [5.41, 5.74) is 2.59. The first-order valence-electron chi connectivity index (χ1n) is 8.22. The van der Waals surface area contributed by atoms with E-state index in [1.54, 1.807) is 12.1 Å². The van der Waals surface area contributed by atoms with Gasteiger partial charge in [-0.05, 0) is 56.2 Å². The Labute approximate surface area is 134 Å². The van der Waals surface area contributed by atoms with Gasteiger partial charge in [-0.3, -0.25) is 5.32 Å². The normalized spacial score (nSPS) is 22.4. The van der Waals surface area contributed by atoms with Crippen LogP contribution in [-0.2, 0) is 18.4 Å². The van der Waals surface area contributed by atoms with Crippen molar-refractivity contribution in [3.63, 3.8) is 0 Å². The van der Waals surface area contributed by atoms with E-state index in [-0.39, 0.29) is 11.4 Å². The van der Waals surface area contributed by atoms with Gasteiger partial charge in [0, 0.05) is 16.5 Å². The predicted octanol–water partition coefficient (Wildman–Crippen LogP) is 4.50. The number of hydrogen-bond acceptors (Lipinski definition) is 3. The molecule has 0 amide bonds. The SMILES string of the molecule is CCc1nc2c(s1)C(NC1(c3ccc(F)cc3)CC1)CCC2. The summed E-state index contributed by atoms with van der Waals surface area (Å²) in [5.74, 6) is -0.158. The lowest BCUT2D eigenvalue weighted by Crippen LogP contribution is -2.34. The number of nitrogens with zero attached hydrogens (tertiary/aromatic N) is 1. The minimum absolute atomic E-state index is 0.0589. The van der Waals surface area contributed by atoms with Crippen molar-refractivity contribution in [3.8, 4) is 0 Å². The summed E-state index contributed by atoms with van der Waals surface area (Å²) < 4.78 is 13.2. The Balaban J connectivity index is 1.59. The van der Waals surface area contributed by atoms with Crippen molar-refractivity contribution in [1.82, 2.24) is 10.3 Å². The maximum atomic E-state index is 13.2. The average molecular weight is 316 g/mol. The molecule has 4 rings (SSSR count). The van der Waals surface area contributed by atoms with Gasteiger partial charge >= 0.3 is 0 Å². The molecule has 116 valence electrons. The third-order valence-electron chi connectivity index (χ3n) is 4.89. The van der Waals surface area contributed by atoms with Crippen LogP contribution in [0.4, 0.5) is 4.39 Å². The van der Waals surface area contributed by atoms with Crippen LogP contribution in [0, 0.1) is 5.82 Å². The maximum Gasteiger partial charge on any atom is 0.123 e. The first-order valence-corrected chi connectivity index (χ1v) is 9.04. The molecule has 1 heterocycles. The van der Waals surface area contributed by atoms with E-state index in [9.17, 15) is 4.39 Å². The third-order valence-corrected chi connectivity index (χ3v) is 6.25. The van der Waals surface area contributed by atoms with E-state index >= 15 is 0 Å². The smallest absolute Gasteiger partial charge is 0.123 e. The average Bonchev–Trinajstić information content (AvgIpc) is 3.18. The van der Waals surface area contributed by atoms with E-state index < -0.39 is 0 Å². The number of aromatic nitrogens is 1. The van der Waals surface area contributed by atoms with Gasteiger partial charge in [-0.15, -0.1) is 11.3 Å². The highest BCUT2D eigenvalue weighted by Gasteiger charge is 2.46. The second kappa shape index (κ2) is 5.43. The Bertz CT molecular complexity index is 673. The summed E-state index contributed by atoms with van der Waals surface area (Å²) in [4.78, 5) is 6.22. The molecule has 1 atom stereocenters. The van der Waals surface area contributed by atoms with Crippen LogP contribution in [0.2, 0.25) is 0 Å². The van der Waals surface area contributed by atoms with Gasteiger partial charge in [0.05, 0.1) is 10.7 Å². The van der Waals surface area contributed by atoms with Crippen LogP contribution < -0.4 is 5.32 Å². The fraction of sp³-hybridized carbons (Fsp3) is 0.500. The molecule has 0 aliphatic heterocycles. The maximum absolute atomic E-state index is 13.2. The van der Waals surface area contributed by atoms with E-state index in [1.807, 2.05) is 23.5 Å². The monoisotopic (exact) mass is 316 g/mol. The molecule has 2 nitrogen and oxygen atoms in total. The Kier molecular flexibility index (Phi) is 3.54. The number of thiazole rings is 1. The van der Waals surface area contributed by atoms with Crippen molar-refractivity contribution in [2.24, 2.45) is 0 Å². The standard InChI is InChI=1S/C18H21FN2S/c1-2-16-20-14-4-3-5-15(17(14)22-16)21-18(10-11-18)12-6-8-13(19)9-7-12/h6-9,15,21H,2-5,10-11H2,1H3. The number of halogens is 1. The predicted molar refractivity (Wildman–Crippen MR) is 87.6 cm³/mol. The Morgan fingerprint density at radius 2 is 2.09 bits per heavy atom. The van der Waals surface area contributed by atoms with Crippen molar-refractivity contribution in [1.29, 1.82) is 0 Å². The summed E-state index contributed by atoms with van der Waals surface area (Å²) in [7, 11) is 0. The number of aryl methyl sites for hydroxylation is 2. The van der Waals surface area contributed by atoms with Crippen molar-refractivity contribution in [2.45, 2.75) is 57.0 Å². The first-order chi connectivity index (χ1) is 10.7. The molecule has 22 heavy (non-hydrogen) atoms. The largest absolute Gasteiger partial charge is 0.300 e. The van der Waals surface area contributed by atoms with Crippen LogP contribution in [-0.4, -0.2) is 4.98 Å². The van der Waals surface area contributed by atoms with Crippen LogP contribution >= 0.6 is 11.3 Å². The Morgan fingerprint density at radius 1 is 1.32 bits per heavy atom. The quantitative estimate of drug-likeness (QED) is 0.898. The molecule has 0 saturated heterocycles. The molecule has 1 aromatic heterocycles. The van der Waals surface area contributed by atoms with Gasteiger partial charge in [0.2, 0.25) is 0 Å². The number of rotatable bonds is 4. The highest BCUT2D eigenvalue weighted by Crippen LogP contribution is 2.49. The summed E-state index contributed by atoms with van der Waals surface area (Å²) in [6.07, 6.45) is 6.81. The van der Waals surface area contributed by atoms with Crippen LogP contribution in [0.1, 0.15) is 59.8 Å². The molecular weight excluding hydrogens is 295 g/mol. The summed E-state index contributed by atoms with van der Waals surface area (Å²) in [6.45, 7) is 2.17. The summed E-state index contributed by atoms with van der Waals surface area (Å²) in [6, 6.07) is 7.43. The summed E-state index contributed by atoms with van der Waals surface area (Å²) >= 11 is 1.88. The zero-order chi connectivity index (χ0) is 15.2. The number of nitrogens with one attached hydrogen (secondary N) is 1. The van der Waals surface area contributed by atoms with Gasteiger partial charge in [0.15, 0.2) is 0 Å². The Morgan fingerprint density at radius 3 is 2.77 bits per heavy atom. The number of fused-ring (bicyclic) bond motifs is 1. The van der Waals surface area contributed by atoms with Gasteiger partial charge in [-0.25, -0.2) is 9.37 Å². The zero-order valence-corrected chi connectivity index (χ0v) is 13.7. The molecule has 0 spiro atoms. The molecule has 2 aliphatic carbocycles. The van der Waals surface area contributed by atoms with Gasteiger partial charge < -0.3 is 0 Å². The lowest BCUT2D eigenvalue weighted by atomic mass is 9.95. The topological polar surface area (TPSA) is 24.9 Å². The van der Waals surface area contributed by atoms with Gasteiger partial charge in [-0.1, -0.05) is 19.1 Å². The van der Waals surface area contributed by atoms with E-state index in [0.717, 1.165) is 25.7 Å². The van der Waals surface area contributed by atoms with Crippen molar-refractivity contribution < 1.29 is 4.39 Å². The fourth-order valence-electron chi connectivity index (χ4n) is 3.50. The Hall–Kier alpha value is -1.26. The first kappa shape index (κ1) is 14.3. The highest BCUT2D eigenvalue weighted by atomic mass is 32.1. The van der Waals surface area contributed by atoms with Gasteiger partial charge in [0.25, 0.3) is 0 Å². The minimum Gasteiger partial charge on any atom is -0.300 e. The third kappa shape index (κ3) is 2.48. The molecular formula is C18H21FN2S. The molecule has 0 radical (unpaired) electrons.